The molecule has 2 rings (SSSR count). The maximum Gasteiger partial charge on any atom is 0.417 e. The lowest BCUT2D eigenvalue weighted by molar-refractivity contribution is -0.137. The number of nitrogens with zero attached hydrogens (tertiary/aromatic N) is 1. The number of ether oxygens (including phenoxy) is 1. The van der Waals surface area contributed by atoms with E-state index in [4.69, 9.17) is 10.5 Å². The summed E-state index contributed by atoms with van der Waals surface area (Å²) in [5.41, 5.74) is 4.29. The van der Waals surface area contributed by atoms with Crippen LogP contribution in [0.4, 0.5) is 18.9 Å². The van der Waals surface area contributed by atoms with Gasteiger partial charge in [-0.05, 0) is 24.6 Å². The molecule has 2 N–H and O–H groups in total. The molecule has 0 aromatic heterocycles. The Morgan fingerprint density at radius 1 is 1.30 bits per heavy atom. The average Bonchev–Trinajstić information content (AvgIpc) is 2.37. The van der Waals surface area contributed by atoms with E-state index < -0.39 is 23.2 Å². The fraction of sp³-hybridized carbons (Fsp3) is 0.462. The van der Waals surface area contributed by atoms with E-state index in [-0.39, 0.29) is 5.56 Å². The summed E-state index contributed by atoms with van der Waals surface area (Å²) in [6.45, 7) is 3.44. The Labute approximate surface area is 114 Å². The molecule has 1 aliphatic heterocycles. The highest BCUT2D eigenvalue weighted by atomic mass is 19.4. The number of halogens is 3. The third-order valence-electron chi connectivity index (χ3n) is 3.25. The minimum atomic E-state index is -4.61. The van der Waals surface area contributed by atoms with E-state index in [1.54, 1.807) is 11.0 Å². The quantitative estimate of drug-likeness (QED) is 0.905. The van der Waals surface area contributed by atoms with Gasteiger partial charge in [0.05, 0.1) is 24.3 Å². The minimum Gasteiger partial charge on any atom is -0.378 e. The van der Waals surface area contributed by atoms with Crippen molar-refractivity contribution in [3.8, 4) is 0 Å². The Hall–Kier alpha value is -1.76. The fourth-order valence-corrected chi connectivity index (χ4v) is 2.32. The van der Waals surface area contributed by atoms with Gasteiger partial charge in [0, 0.05) is 18.8 Å². The maximum absolute atomic E-state index is 13.1. The van der Waals surface area contributed by atoms with Crippen LogP contribution in [-0.4, -0.2) is 32.2 Å². The van der Waals surface area contributed by atoms with E-state index in [1.807, 2.05) is 0 Å². The number of alkyl halides is 3. The van der Waals surface area contributed by atoms with E-state index >= 15 is 0 Å². The van der Waals surface area contributed by atoms with Gasteiger partial charge >= 0.3 is 6.18 Å². The second-order valence-corrected chi connectivity index (χ2v) is 4.65. The van der Waals surface area contributed by atoms with Gasteiger partial charge in [0.2, 0.25) is 5.91 Å². The average molecular weight is 288 g/mol. The number of nitrogens with two attached hydrogens (primary N) is 1. The van der Waals surface area contributed by atoms with Crippen molar-refractivity contribution in [3.63, 3.8) is 0 Å². The molecule has 0 radical (unpaired) electrons. The lowest BCUT2D eigenvalue weighted by Gasteiger charge is -2.30. The third-order valence-corrected chi connectivity index (χ3v) is 3.25. The van der Waals surface area contributed by atoms with Gasteiger partial charge in [-0.25, -0.2) is 0 Å². The summed E-state index contributed by atoms with van der Waals surface area (Å²) in [6.07, 6.45) is -4.61. The number of primary amides is 1. The van der Waals surface area contributed by atoms with Gasteiger partial charge in [-0.3, -0.25) is 4.79 Å². The van der Waals surface area contributed by atoms with Crippen molar-refractivity contribution in [2.75, 3.05) is 31.2 Å². The molecule has 0 unspecified atom stereocenters. The molecule has 7 heteroatoms. The SMILES string of the molecule is Cc1cc(N2CCOCC2)cc(C(F)(F)F)c1C(N)=O. The van der Waals surface area contributed by atoms with Gasteiger partial charge in [0.25, 0.3) is 0 Å². The predicted octanol–water partition coefficient (Wildman–Crippen LogP) is 1.95. The zero-order chi connectivity index (χ0) is 14.9. The molecule has 1 fully saturated rings. The third kappa shape index (κ3) is 2.87. The number of benzene rings is 1. The van der Waals surface area contributed by atoms with Crippen LogP contribution in [0.5, 0.6) is 0 Å². The number of anilines is 1. The Kier molecular flexibility index (Phi) is 3.89. The second kappa shape index (κ2) is 5.32. The Bertz CT molecular complexity index is 523. The number of morpholine rings is 1. The summed E-state index contributed by atoms with van der Waals surface area (Å²) in [5, 5.41) is 0. The van der Waals surface area contributed by atoms with Crippen LogP contribution in [0.2, 0.25) is 0 Å². The molecule has 0 atom stereocenters. The van der Waals surface area contributed by atoms with E-state index in [0.29, 0.717) is 32.0 Å². The molecule has 20 heavy (non-hydrogen) atoms. The molecule has 1 heterocycles. The molecule has 1 aromatic rings. The molecule has 110 valence electrons. The number of hydrogen-bond acceptors (Lipinski definition) is 3. The molecule has 0 saturated carbocycles. The van der Waals surface area contributed by atoms with Crippen molar-refractivity contribution in [3.05, 3.63) is 28.8 Å². The first-order valence-electron chi connectivity index (χ1n) is 6.15. The summed E-state index contributed by atoms with van der Waals surface area (Å²) in [7, 11) is 0. The Balaban J connectivity index is 2.51. The molecular formula is C13H15F3N2O2. The van der Waals surface area contributed by atoms with Crippen LogP contribution in [0.25, 0.3) is 0 Å². The minimum absolute atomic E-state index is 0.230. The number of carbonyl (C=O) groups is 1. The van der Waals surface area contributed by atoms with Crippen LogP contribution in [0, 0.1) is 6.92 Å². The normalized spacial score (nSPS) is 16.3. The fourth-order valence-electron chi connectivity index (χ4n) is 2.32. The van der Waals surface area contributed by atoms with E-state index in [2.05, 4.69) is 0 Å². The Morgan fingerprint density at radius 2 is 1.90 bits per heavy atom. The van der Waals surface area contributed by atoms with Crippen molar-refractivity contribution in [1.82, 2.24) is 0 Å². The number of amides is 1. The van der Waals surface area contributed by atoms with Crippen LogP contribution in [0.15, 0.2) is 12.1 Å². The van der Waals surface area contributed by atoms with Crippen molar-refractivity contribution < 1.29 is 22.7 Å². The first-order valence-corrected chi connectivity index (χ1v) is 6.15. The van der Waals surface area contributed by atoms with E-state index in [0.717, 1.165) is 6.07 Å². The topological polar surface area (TPSA) is 55.6 Å². The van der Waals surface area contributed by atoms with Gasteiger partial charge in [-0.15, -0.1) is 0 Å². The molecular weight excluding hydrogens is 273 g/mol. The highest BCUT2D eigenvalue weighted by Crippen LogP contribution is 2.36. The molecule has 0 bridgehead atoms. The van der Waals surface area contributed by atoms with Gasteiger partial charge in [0.15, 0.2) is 0 Å². The van der Waals surface area contributed by atoms with Gasteiger partial charge in [-0.2, -0.15) is 13.2 Å². The summed E-state index contributed by atoms with van der Waals surface area (Å²) in [4.78, 5) is 13.1. The number of hydrogen-bond donors (Lipinski definition) is 1. The van der Waals surface area contributed by atoms with E-state index in [9.17, 15) is 18.0 Å². The van der Waals surface area contributed by atoms with Gasteiger partial charge in [-0.1, -0.05) is 0 Å². The van der Waals surface area contributed by atoms with Crippen molar-refractivity contribution in [2.24, 2.45) is 5.73 Å². The highest BCUT2D eigenvalue weighted by molar-refractivity contribution is 5.96. The van der Waals surface area contributed by atoms with Crippen LogP contribution in [-0.2, 0) is 10.9 Å². The summed E-state index contributed by atoms with van der Waals surface area (Å²) >= 11 is 0. The number of carbonyl (C=O) groups excluding carboxylic acids is 1. The molecule has 1 aliphatic rings. The molecule has 1 saturated heterocycles. The Morgan fingerprint density at radius 3 is 2.40 bits per heavy atom. The molecule has 0 aliphatic carbocycles. The second-order valence-electron chi connectivity index (χ2n) is 4.65. The first-order chi connectivity index (χ1) is 9.30. The highest BCUT2D eigenvalue weighted by Gasteiger charge is 2.36. The molecule has 1 amide bonds. The lowest BCUT2D eigenvalue weighted by Crippen LogP contribution is -2.36. The van der Waals surface area contributed by atoms with Gasteiger partial charge in [0.1, 0.15) is 0 Å². The van der Waals surface area contributed by atoms with Crippen molar-refractivity contribution in [1.29, 1.82) is 0 Å². The van der Waals surface area contributed by atoms with Crippen molar-refractivity contribution >= 4 is 11.6 Å². The van der Waals surface area contributed by atoms with Crippen molar-refractivity contribution in [2.45, 2.75) is 13.1 Å². The summed E-state index contributed by atoms with van der Waals surface area (Å²) in [6, 6.07) is 2.54. The lowest BCUT2D eigenvalue weighted by atomic mass is 9.99. The summed E-state index contributed by atoms with van der Waals surface area (Å²) < 4.78 is 44.4. The smallest absolute Gasteiger partial charge is 0.378 e. The van der Waals surface area contributed by atoms with E-state index in [1.165, 1.54) is 6.92 Å². The van der Waals surface area contributed by atoms with Crippen LogP contribution in [0.1, 0.15) is 21.5 Å². The molecule has 4 nitrogen and oxygen atoms in total. The van der Waals surface area contributed by atoms with Crippen LogP contribution >= 0.6 is 0 Å². The zero-order valence-corrected chi connectivity index (χ0v) is 11.0. The summed E-state index contributed by atoms with van der Waals surface area (Å²) in [5.74, 6) is -1.07. The molecule has 0 spiro atoms. The van der Waals surface area contributed by atoms with Crippen LogP contribution in [0.3, 0.4) is 0 Å². The standard InChI is InChI=1S/C13H15F3N2O2/c1-8-6-9(18-2-4-20-5-3-18)7-10(13(14,15)16)11(8)12(17)19/h6-7H,2-5H2,1H3,(H2,17,19). The first kappa shape index (κ1) is 14.6. The van der Waals surface area contributed by atoms with Crippen LogP contribution < -0.4 is 10.6 Å². The predicted molar refractivity (Wildman–Crippen MR) is 67.7 cm³/mol. The molecule has 1 aromatic carbocycles. The van der Waals surface area contributed by atoms with Gasteiger partial charge < -0.3 is 15.4 Å². The zero-order valence-electron chi connectivity index (χ0n) is 11.0. The number of aryl methyl sites for hydroxylation is 1. The maximum atomic E-state index is 13.1. The largest absolute Gasteiger partial charge is 0.417 e. The monoisotopic (exact) mass is 288 g/mol. The number of rotatable bonds is 2.